The first-order valence-electron chi connectivity index (χ1n) is 5.91. The van der Waals surface area contributed by atoms with Crippen LogP contribution in [0.25, 0.3) is 0 Å². The van der Waals surface area contributed by atoms with E-state index in [1.807, 2.05) is 0 Å². The smallest absolute Gasteiger partial charge is 0.220 e. The predicted molar refractivity (Wildman–Crippen MR) is 66.5 cm³/mol. The second-order valence-electron chi connectivity index (χ2n) is 4.08. The number of carbonyl (C=O) groups is 1. The van der Waals surface area contributed by atoms with Crippen LogP contribution in [-0.4, -0.2) is 34.0 Å². The second kappa shape index (κ2) is 7.17. The number of rotatable bonds is 6. The number of amides is 1. The summed E-state index contributed by atoms with van der Waals surface area (Å²) in [7, 11) is 0. The molecule has 0 aliphatic carbocycles. The number of hydrogen-bond acceptors (Lipinski definition) is 5. The number of aliphatic hydroxyl groups is 2. The van der Waals surface area contributed by atoms with Crippen LogP contribution in [-0.2, 0) is 4.79 Å². The maximum atomic E-state index is 11.2. The van der Waals surface area contributed by atoms with Gasteiger partial charge in [0.15, 0.2) is 5.69 Å². The predicted octanol–water partition coefficient (Wildman–Crippen LogP) is -0.989. The van der Waals surface area contributed by atoms with Gasteiger partial charge in [-0.1, -0.05) is 19.1 Å². The Labute approximate surface area is 110 Å². The second-order valence-corrected chi connectivity index (χ2v) is 4.08. The van der Waals surface area contributed by atoms with Gasteiger partial charge in [-0.15, -0.1) is 0 Å². The fourth-order valence-corrected chi connectivity index (χ4v) is 1.59. The number of nitrogens with one attached hydrogen (secondary N) is 2. The highest BCUT2D eigenvalue weighted by molar-refractivity contribution is 5.75. The van der Waals surface area contributed by atoms with Crippen molar-refractivity contribution >= 4 is 11.6 Å². The molecule has 19 heavy (non-hydrogen) atoms. The standard InChI is InChI=1S/C12H18N2O5/c1-2-11(16)13-10(7-15)12(17)8-3-5-9(6-4-8)14(18)19/h3-6,10,12,14-15,17-18H,2,7H2,1H3,(H,13,16)/t10-,12-/m1/s1. The minimum atomic E-state index is -1.09. The van der Waals surface area contributed by atoms with Crippen molar-refractivity contribution in [1.29, 1.82) is 0 Å². The zero-order valence-electron chi connectivity index (χ0n) is 10.5. The third-order valence-electron chi connectivity index (χ3n) is 2.74. The summed E-state index contributed by atoms with van der Waals surface area (Å²) < 4.78 is 0. The molecule has 1 aromatic rings. The van der Waals surface area contributed by atoms with E-state index in [4.69, 9.17) is 5.21 Å². The summed E-state index contributed by atoms with van der Waals surface area (Å²) in [5.41, 5.74) is 0.537. The third kappa shape index (κ3) is 4.27. The van der Waals surface area contributed by atoms with E-state index in [1.165, 1.54) is 24.3 Å². The van der Waals surface area contributed by atoms with Crippen LogP contribution in [0.5, 0.6) is 0 Å². The summed E-state index contributed by atoms with van der Waals surface area (Å²) in [6, 6.07) is 4.81. The van der Waals surface area contributed by atoms with Crippen molar-refractivity contribution in [3.05, 3.63) is 35.0 Å². The molecule has 3 atom stereocenters. The van der Waals surface area contributed by atoms with Crippen LogP contribution in [0.15, 0.2) is 24.3 Å². The summed E-state index contributed by atoms with van der Waals surface area (Å²) in [6.45, 7) is 1.26. The number of aliphatic hydroxyl groups excluding tert-OH is 2. The van der Waals surface area contributed by atoms with E-state index in [9.17, 15) is 20.2 Å². The quantitative estimate of drug-likeness (QED) is 0.425. The van der Waals surface area contributed by atoms with Gasteiger partial charge < -0.3 is 20.7 Å². The van der Waals surface area contributed by atoms with Gasteiger partial charge in [0.2, 0.25) is 5.91 Å². The van der Waals surface area contributed by atoms with E-state index in [0.717, 1.165) is 0 Å². The molecule has 0 spiro atoms. The molecule has 0 aliphatic heterocycles. The fraction of sp³-hybridized carbons (Fsp3) is 0.417. The largest absolute Gasteiger partial charge is 0.595 e. The number of hydrogen-bond donors (Lipinski definition) is 5. The van der Waals surface area contributed by atoms with Gasteiger partial charge >= 0.3 is 0 Å². The Morgan fingerprint density at radius 3 is 2.42 bits per heavy atom. The maximum absolute atomic E-state index is 11.2. The molecule has 7 nitrogen and oxygen atoms in total. The Hall–Kier alpha value is -1.51. The highest BCUT2D eigenvalue weighted by Crippen LogP contribution is 2.18. The molecule has 1 rings (SSSR count). The first-order valence-corrected chi connectivity index (χ1v) is 5.91. The summed E-state index contributed by atoms with van der Waals surface area (Å²) in [6.07, 6.45) is -0.843. The third-order valence-corrected chi connectivity index (χ3v) is 2.74. The normalized spacial score (nSPS) is 15.6. The van der Waals surface area contributed by atoms with Crippen molar-refractivity contribution in [2.24, 2.45) is 0 Å². The van der Waals surface area contributed by atoms with Gasteiger partial charge in [-0.2, -0.15) is 5.23 Å². The first kappa shape index (κ1) is 15.5. The monoisotopic (exact) mass is 270 g/mol. The lowest BCUT2D eigenvalue weighted by molar-refractivity contribution is -0.991. The average Bonchev–Trinajstić information content (AvgIpc) is 2.43. The number of carbonyl (C=O) groups excluding carboxylic acids is 1. The van der Waals surface area contributed by atoms with Gasteiger partial charge in [-0.05, 0) is 5.56 Å². The summed E-state index contributed by atoms with van der Waals surface area (Å²) in [5.74, 6) is -0.278. The SMILES string of the molecule is CCC(=O)N[C@H](CO)[C@H](O)c1ccc([NH+]([O-])O)cc1. The van der Waals surface area contributed by atoms with Crippen LogP contribution in [0.3, 0.4) is 0 Å². The lowest BCUT2D eigenvalue weighted by Gasteiger charge is -2.22. The van der Waals surface area contributed by atoms with Crippen molar-refractivity contribution in [2.45, 2.75) is 25.5 Å². The summed E-state index contributed by atoms with van der Waals surface area (Å²) >= 11 is 0. The highest BCUT2D eigenvalue weighted by Gasteiger charge is 2.21. The van der Waals surface area contributed by atoms with E-state index >= 15 is 0 Å². The Kier molecular flexibility index (Phi) is 5.87. The van der Waals surface area contributed by atoms with E-state index in [1.54, 1.807) is 6.92 Å². The van der Waals surface area contributed by atoms with E-state index in [-0.39, 0.29) is 18.0 Å². The molecule has 5 N–H and O–H groups in total. The minimum Gasteiger partial charge on any atom is -0.595 e. The van der Waals surface area contributed by atoms with Crippen LogP contribution in [0.2, 0.25) is 0 Å². The van der Waals surface area contributed by atoms with Crippen molar-refractivity contribution in [2.75, 3.05) is 6.61 Å². The molecule has 1 amide bonds. The zero-order valence-corrected chi connectivity index (χ0v) is 10.5. The van der Waals surface area contributed by atoms with Gasteiger partial charge in [0.1, 0.15) is 6.10 Å². The Balaban J connectivity index is 2.79. The fourth-order valence-electron chi connectivity index (χ4n) is 1.59. The van der Waals surface area contributed by atoms with Crippen LogP contribution in [0, 0.1) is 5.21 Å². The number of quaternary nitrogens is 1. The lowest BCUT2D eigenvalue weighted by atomic mass is 10.0. The van der Waals surface area contributed by atoms with Crippen LogP contribution < -0.4 is 10.5 Å². The average molecular weight is 270 g/mol. The molecule has 1 unspecified atom stereocenters. The van der Waals surface area contributed by atoms with E-state index < -0.39 is 24.0 Å². The lowest BCUT2D eigenvalue weighted by Crippen LogP contribution is -2.99. The number of benzene rings is 1. The van der Waals surface area contributed by atoms with Gasteiger partial charge in [0.05, 0.1) is 12.6 Å². The Morgan fingerprint density at radius 1 is 1.42 bits per heavy atom. The molecule has 7 heteroatoms. The molecule has 0 radical (unpaired) electrons. The molecule has 0 fully saturated rings. The van der Waals surface area contributed by atoms with Crippen LogP contribution in [0.4, 0.5) is 5.69 Å². The summed E-state index contributed by atoms with van der Waals surface area (Å²) in [5, 5.41) is 40.1. The van der Waals surface area contributed by atoms with Crippen molar-refractivity contribution in [3.8, 4) is 0 Å². The maximum Gasteiger partial charge on any atom is 0.220 e. The van der Waals surface area contributed by atoms with Gasteiger partial charge in [-0.3, -0.25) is 4.79 Å². The topological polar surface area (TPSA) is 117 Å². The summed E-state index contributed by atoms with van der Waals surface area (Å²) in [4.78, 5) is 11.2. The first-order chi connectivity index (χ1) is 8.99. The van der Waals surface area contributed by atoms with Crippen LogP contribution in [0.1, 0.15) is 25.0 Å². The molecule has 0 aliphatic rings. The van der Waals surface area contributed by atoms with Gasteiger partial charge in [0, 0.05) is 18.6 Å². The van der Waals surface area contributed by atoms with Gasteiger partial charge in [0.25, 0.3) is 0 Å². The van der Waals surface area contributed by atoms with E-state index in [2.05, 4.69) is 5.32 Å². The van der Waals surface area contributed by atoms with Crippen LogP contribution >= 0.6 is 0 Å². The molecule has 0 heterocycles. The van der Waals surface area contributed by atoms with Crippen molar-refractivity contribution in [3.63, 3.8) is 0 Å². The van der Waals surface area contributed by atoms with Gasteiger partial charge in [-0.25, -0.2) is 5.21 Å². The van der Waals surface area contributed by atoms with E-state index in [0.29, 0.717) is 5.56 Å². The molecular formula is C12H18N2O5. The molecule has 0 saturated heterocycles. The zero-order chi connectivity index (χ0) is 14.4. The molecule has 106 valence electrons. The molecule has 1 aromatic carbocycles. The van der Waals surface area contributed by atoms with Crippen molar-refractivity contribution in [1.82, 2.24) is 5.32 Å². The Bertz CT molecular complexity index is 407. The Morgan fingerprint density at radius 2 is 2.00 bits per heavy atom. The molecule has 0 aromatic heterocycles. The molecular weight excluding hydrogens is 252 g/mol. The van der Waals surface area contributed by atoms with Crippen molar-refractivity contribution < 1.29 is 25.4 Å². The minimum absolute atomic E-state index is 0.106. The molecule has 0 bridgehead atoms. The highest BCUT2D eigenvalue weighted by atomic mass is 16.8. The molecule has 0 saturated carbocycles.